The second kappa shape index (κ2) is 6.06. The Kier molecular flexibility index (Phi) is 3.97. The fraction of sp³-hybridized carbons (Fsp3) is 0.235. The molecule has 0 saturated heterocycles. The van der Waals surface area contributed by atoms with Gasteiger partial charge in [-0.25, -0.2) is 4.98 Å². The number of hydrogen-bond donors (Lipinski definition) is 1. The molecule has 0 radical (unpaired) electrons. The Balaban J connectivity index is 1.61. The minimum atomic E-state index is 0.561. The van der Waals surface area contributed by atoms with Gasteiger partial charge in [-0.2, -0.15) is 0 Å². The number of aromatic nitrogens is 1. The zero-order chi connectivity index (χ0) is 13.8. The predicted molar refractivity (Wildman–Crippen MR) is 87.6 cm³/mol. The van der Waals surface area contributed by atoms with Gasteiger partial charge in [-0.05, 0) is 35.4 Å². The van der Waals surface area contributed by atoms with E-state index < -0.39 is 0 Å². The van der Waals surface area contributed by atoms with Gasteiger partial charge in [-0.3, -0.25) is 0 Å². The van der Waals surface area contributed by atoms with Crippen LogP contribution in [-0.4, -0.2) is 11.5 Å². The van der Waals surface area contributed by atoms with Gasteiger partial charge in [0, 0.05) is 22.8 Å². The summed E-state index contributed by atoms with van der Waals surface area (Å²) in [5, 5.41) is 6.81. The van der Waals surface area contributed by atoms with Crippen molar-refractivity contribution in [2.24, 2.45) is 0 Å². The zero-order valence-corrected chi connectivity index (χ0v) is 12.4. The van der Waals surface area contributed by atoms with Gasteiger partial charge in [-0.1, -0.05) is 37.3 Å². The van der Waals surface area contributed by atoms with Crippen LogP contribution in [0.3, 0.4) is 0 Å². The highest BCUT2D eigenvalue weighted by atomic mass is 32.1. The lowest BCUT2D eigenvalue weighted by molar-refractivity contribution is 0.705. The molecule has 1 unspecified atom stereocenters. The fourth-order valence-corrected chi connectivity index (χ4v) is 3.17. The van der Waals surface area contributed by atoms with Crippen LogP contribution in [0.15, 0.2) is 54.0 Å². The number of thiophene rings is 1. The summed E-state index contributed by atoms with van der Waals surface area (Å²) in [4.78, 5) is 4.44. The van der Waals surface area contributed by atoms with E-state index in [9.17, 15) is 0 Å². The largest absolute Gasteiger partial charge is 0.370 e. The van der Waals surface area contributed by atoms with E-state index in [4.69, 9.17) is 0 Å². The first kappa shape index (κ1) is 13.1. The Morgan fingerprint density at radius 2 is 2.00 bits per heavy atom. The number of rotatable bonds is 5. The van der Waals surface area contributed by atoms with Crippen molar-refractivity contribution in [1.29, 1.82) is 0 Å². The molecule has 0 aliphatic rings. The quantitative estimate of drug-likeness (QED) is 0.719. The van der Waals surface area contributed by atoms with Crippen LogP contribution in [0.2, 0.25) is 0 Å². The average Bonchev–Trinajstić information content (AvgIpc) is 2.97. The van der Waals surface area contributed by atoms with Crippen LogP contribution in [0.5, 0.6) is 0 Å². The normalized spacial score (nSPS) is 12.4. The van der Waals surface area contributed by atoms with Crippen LogP contribution in [-0.2, 0) is 0 Å². The molecule has 2 heterocycles. The molecule has 0 fully saturated rings. The molecule has 1 atom stereocenters. The van der Waals surface area contributed by atoms with Crippen LogP contribution in [0.1, 0.15) is 24.8 Å². The fourth-order valence-electron chi connectivity index (χ4n) is 2.39. The van der Waals surface area contributed by atoms with Crippen molar-refractivity contribution in [3.63, 3.8) is 0 Å². The molecule has 20 heavy (non-hydrogen) atoms. The van der Waals surface area contributed by atoms with Crippen LogP contribution in [0.25, 0.3) is 10.1 Å². The molecule has 1 N–H and O–H groups in total. The van der Waals surface area contributed by atoms with Crippen molar-refractivity contribution in [3.05, 3.63) is 59.6 Å². The molecule has 0 saturated carbocycles. The van der Waals surface area contributed by atoms with Crippen LogP contribution >= 0.6 is 11.3 Å². The van der Waals surface area contributed by atoms with Gasteiger partial charge in [0.1, 0.15) is 5.82 Å². The smallest absolute Gasteiger partial charge is 0.134 e. The van der Waals surface area contributed by atoms with E-state index in [1.54, 1.807) is 11.3 Å². The minimum Gasteiger partial charge on any atom is -0.370 e. The van der Waals surface area contributed by atoms with Crippen molar-refractivity contribution in [3.8, 4) is 0 Å². The summed E-state index contributed by atoms with van der Waals surface area (Å²) in [6, 6.07) is 14.9. The summed E-state index contributed by atoms with van der Waals surface area (Å²) in [5.74, 6) is 1.56. The number of nitrogens with zero attached hydrogens (tertiary/aromatic N) is 1. The summed E-state index contributed by atoms with van der Waals surface area (Å²) in [7, 11) is 0. The molecule has 0 aliphatic heterocycles. The second-order valence-corrected chi connectivity index (χ2v) is 5.97. The third-order valence-electron chi connectivity index (χ3n) is 3.62. The summed E-state index contributed by atoms with van der Waals surface area (Å²) >= 11 is 1.76. The standard InChI is InChI=1S/C17H18N2S/c1-13(14-5-3-2-4-6-14)7-10-18-17-15-9-12-20-16(15)8-11-19-17/h2-6,8-9,11-13H,7,10H2,1H3,(H,18,19). The maximum absolute atomic E-state index is 4.44. The number of nitrogens with one attached hydrogen (secondary N) is 1. The maximum Gasteiger partial charge on any atom is 0.134 e. The number of anilines is 1. The highest BCUT2D eigenvalue weighted by Gasteiger charge is 2.06. The molecule has 2 nitrogen and oxygen atoms in total. The topological polar surface area (TPSA) is 24.9 Å². The molecular weight excluding hydrogens is 264 g/mol. The average molecular weight is 282 g/mol. The van der Waals surface area contributed by atoms with Crippen molar-refractivity contribution in [1.82, 2.24) is 4.98 Å². The van der Waals surface area contributed by atoms with Gasteiger partial charge >= 0.3 is 0 Å². The SMILES string of the molecule is CC(CCNc1nccc2sccc12)c1ccccc1. The van der Waals surface area contributed by atoms with E-state index in [1.807, 2.05) is 6.20 Å². The van der Waals surface area contributed by atoms with Crippen molar-refractivity contribution >= 4 is 27.2 Å². The minimum absolute atomic E-state index is 0.561. The summed E-state index contributed by atoms with van der Waals surface area (Å²) in [6.07, 6.45) is 2.98. The molecular formula is C17H18N2S. The number of benzene rings is 1. The Bertz CT molecular complexity index is 676. The van der Waals surface area contributed by atoms with Crippen molar-refractivity contribution in [2.45, 2.75) is 19.3 Å². The number of fused-ring (bicyclic) bond motifs is 1. The number of pyridine rings is 1. The lowest BCUT2D eigenvalue weighted by Gasteiger charge is -2.13. The van der Waals surface area contributed by atoms with Gasteiger partial charge in [0.15, 0.2) is 0 Å². The van der Waals surface area contributed by atoms with Gasteiger partial charge < -0.3 is 5.32 Å². The summed E-state index contributed by atoms with van der Waals surface area (Å²) in [5.41, 5.74) is 1.40. The van der Waals surface area contributed by atoms with E-state index >= 15 is 0 Å². The lowest BCUT2D eigenvalue weighted by Crippen LogP contribution is -2.07. The highest BCUT2D eigenvalue weighted by molar-refractivity contribution is 7.17. The second-order valence-electron chi connectivity index (χ2n) is 5.02. The van der Waals surface area contributed by atoms with Gasteiger partial charge in [0.2, 0.25) is 0 Å². The third kappa shape index (κ3) is 2.83. The van der Waals surface area contributed by atoms with E-state index in [2.05, 4.69) is 65.1 Å². The van der Waals surface area contributed by atoms with E-state index in [-0.39, 0.29) is 0 Å². The molecule has 0 spiro atoms. The number of hydrogen-bond acceptors (Lipinski definition) is 3. The van der Waals surface area contributed by atoms with Crippen LogP contribution < -0.4 is 5.32 Å². The predicted octanol–water partition coefficient (Wildman–Crippen LogP) is 4.90. The van der Waals surface area contributed by atoms with Crippen LogP contribution in [0, 0.1) is 0 Å². The first-order valence-corrected chi connectivity index (χ1v) is 7.83. The molecule has 102 valence electrons. The Labute approximate surface area is 123 Å². The van der Waals surface area contributed by atoms with E-state index in [0.29, 0.717) is 5.92 Å². The van der Waals surface area contributed by atoms with E-state index in [0.717, 1.165) is 18.8 Å². The first-order valence-electron chi connectivity index (χ1n) is 6.95. The highest BCUT2D eigenvalue weighted by Crippen LogP contribution is 2.26. The molecule has 3 aromatic rings. The monoisotopic (exact) mass is 282 g/mol. The molecule has 0 amide bonds. The Morgan fingerprint density at radius 3 is 2.85 bits per heavy atom. The molecule has 1 aromatic carbocycles. The maximum atomic E-state index is 4.44. The van der Waals surface area contributed by atoms with Gasteiger partial charge in [0.05, 0.1) is 0 Å². The zero-order valence-electron chi connectivity index (χ0n) is 11.5. The molecule has 0 aliphatic carbocycles. The van der Waals surface area contributed by atoms with Crippen LogP contribution in [0.4, 0.5) is 5.82 Å². The van der Waals surface area contributed by atoms with Crippen molar-refractivity contribution in [2.75, 3.05) is 11.9 Å². The lowest BCUT2D eigenvalue weighted by atomic mass is 9.98. The van der Waals surface area contributed by atoms with Gasteiger partial charge in [-0.15, -0.1) is 11.3 Å². The molecule has 2 aromatic heterocycles. The van der Waals surface area contributed by atoms with E-state index in [1.165, 1.54) is 15.6 Å². The summed E-state index contributed by atoms with van der Waals surface area (Å²) < 4.78 is 1.29. The van der Waals surface area contributed by atoms with Crippen molar-refractivity contribution < 1.29 is 0 Å². The first-order chi connectivity index (χ1) is 9.84. The molecule has 3 rings (SSSR count). The third-order valence-corrected chi connectivity index (χ3v) is 4.50. The summed E-state index contributed by atoms with van der Waals surface area (Å²) in [6.45, 7) is 3.22. The Morgan fingerprint density at radius 1 is 1.15 bits per heavy atom. The Hall–Kier alpha value is -1.87. The molecule has 0 bridgehead atoms. The molecule has 3 heteroatoms. The van der Waals surface area contributed by atoms with Gasteiger partial charge in [0.25, 0.3) is 0 Å².